The number of carbonyl (C=O) groups is 3. The molecule has 180 valence electrons. The quantitative estimate of drug-likeness (QED) is 0.455. The summed E-state index contributed by atoms with van der Waals surface area (Å²) in [6.07, 6.45) is -2.79. The number of carbonyl (C=O) groups excluding carboxylic acids is 3. The number of nitrogens with two attached hydrogens (primary N) is 1. The van der Waals surface area contributed by atoms with E-state index >= 15 is 0 Å². The van der Waals surface area contributed by atoms with E-state index in [1.165, 1.54) is 16.9 Å². The molecule has 2 fully saturated rings. The lowest BCUT2D eigenvalue weighted by molar-refractivity contribution is -0.166. The normalized spacial score (nSPS) is 26.3. The Hall–Kier alpha value is -3.96. The first-order valence-corrected chi connectivity index (χ1v) is 10.4. The molecule has 34 heavy (non-hydrogen) atoms. The minimum atomic E-state index is -1.99. The van der Waals surface area contributed by atoms with Gasteiger partial charge in [0.2, 0.25) is 5.60 Å². The first-order chi connectivity index (χ1) is 16.3. The Balaban J connectivity index is 1.73. The van der Waals surface area contributed by atoms with E-state index in [2.05, 4.69) is 10.1 Å². The van der Waals surface area contributed by atoms with Crippen LogP contribution in [0.5, 0.6) is 0 Å². The molecule has 2 N–H and O–H groups in total. The summed E-state index contributed by atoms with van der Waals surface area (Å²) in [4.78, 5) is 45.2. The number of amides is 1. The third-order valence-corrected chi connectivity index (χ3v) is 5.35. The maximum absolute atomic E-state index is 12.3. The number of nitrogen functional groups attached to an aromatic ring is 1. The van der Waals surface area contributed by atoms with Crippen LogP contribution in [0.4, 0.5) is 10.6 Å². The number of nitriles is 1. The Morgan fingerprint density at radius 2 is 2.06 bits per heavy atom. The molecular formula is C20H22N6O8. The number of anilines is 1. The van der Waals surface area contributed by atoms with Gasteiger partial charge in [0.05, 0.1) is 18.8 Å². The van der Waals surface area contributed by atoms with E-state index < -0.39 is 48.6 Å². The van der Waals surface area contributed by atoms with E-state index in [4.69, 9.17) is 29.5 Å². The van der Waals surface area contributed by atoms with Crippen LogP contribution in [0.15, 0.2) is 18.5 Å². The fourth-order valence-electron chi connectivity index (χ4n) is 3.99. The van der Waals surface area contributed by atoms with Gasteiger partial charge in [-0.25, -0.2) is 14.3 Å². The molecule has 14 nitrogen and oxygen atoms in total. The van der Waals surface area contributed by atoms with Crippen molar-refractivity contribution < 1.29 is 38.2 Å². The molecule has 14 heteroatoms. The molecule has 1 amide bonds. The summed E-state index contributed by atoms with van der Waals surface area (Å²) in [7, 11) is 0. The van der Waals surface area contributed by atoms with Crippen LogP contribution in [-0.4, -0.2) is 75.8 Å². The minimum absolute atomic E-state index is 0.143. The smallest absolute Gasteiger partial charge is 0.434 e. The minimum Gasteiger partial charge on any atom is -0.455 e. The molecule has 2 aliphatic heterocycles. The Morgan fingerprint density at radius 3 is 2.71 bits per heavy atom. The highest BCUT2D eigenvalue weighted by Crippen LogP contribution is 2.43. The Bertz CT molecular complexity index is 1160. The summed E-state index contributed by atoms with van der Waals surface area (Å²) in [5.41, 5.74) is 4.45. The van der Waals surface area contributed by atoms with Gasteiger partial charge in [0.1, 0.15) is 30.6 Å². The molecule has 2 aromatic heterocycles. The zero-order chi connectivity index (χ0) is 24.5. The number of hydrogen-bond acceptors (Lipinski definition) is 12. The lowest BCUT2D eigenvalue weighted by Crippen LogP contribution is -2.46. The molecule has 2 saturated heterocycles. The maximum atomic E-state index is 12.3. The summed E-state index contributed by atoms with van der Waals surface area (Å²) in [6, 6.07) is 5.11. The molecule has 0 saturated carbocycles. The Labute approximate surface area is 193 Å². The molecule has 0 bridgehead atoms. The first kappa shape index (κ1) is 23.2. The van der Waals surface area contributed by atoms with Gasteiger partial charge in [-0.15, -0.1) is 0 Å². The van der Waals surface area contributed by atoms with Crippen molar-refractivity contribution in [2.45, 2.75) is 44.2 Å². The molecule has 2 aromatic rings. The average Bonchev–Trinajstić information content (AvgIpc) is 3.52. The molecule has 0 unspecified atom stereocenters. The Morgan fingerprint density at radius 1 is 1.29 bits per heavy atom. The second-order valence-electron chi connectivity index (χ2n) is 7.63. The second kappa shape index (κ2) is 9.12. The molecule has 0 spiro atoms. The predicted octanol–water partition coefficient (Wildman–Crippen LogP) is 0.0665. The molecule has 0 aromatic carbocycles. The number of hydrogen-bond donors (Lipinski definition) is 1. The van der Waals surface area contributed by atoms with Crippen LogP contribution in [0.1, 0.15) is 26.0 Å². The molecule has 0 radical (unpaired) electrons. The number of nitrogens with zero attached hydrogens (tertiary/aromatic N) is 5. The van der Waals surface area contributed by atoms with Crippen molar-refractivity contribution in [2.75, 3.05) is 25.5 Å². The standard InChI is InChI=1S/C20H22N6O8/c1-11(27)32-16-14(8-30-19(29)25-6-3-7-31-25)34-20(9-21,17(16)33-12(2)28)15-5-4-13-18(22)23-10-24-26(13)15/h4-5,10,14,16-17H,3,6-8H2,1-2H3,(H2,22,23,24)/t14-,16-,17-,20+/m1/s1. The topological polar surface area (TPSA) is 181 Å². The maximum Gasteiger partial charge on any atom is 0.434 e. The molecule has 4 heterocycles. The third kappa shape index (κ3) is 4.06. The lowest BCUT2D eigenvalue weighted by atomic mass is 9.92. The third-order valence-electron chi connectivity index (χ3n) is 5.35. The van der Waals surface area contributed by atoms with Crippen LogP contribution in [0, 0.1) is 11.3 Å². The van der Waals surface area contributed by atoms with Crippen molar-refractivity contribution in [3.8, 4) is 6.07 Å². The summed E-state index contributed by atoms with van der Waals surface area (Å²) in [5, 5.41) is 15.5. The second-order valence-corrected chi connectivity index (χ2v) is 7.63. The number of aromatic nitrogens is 3. The van der Waals surface area contributed by atoms with Gasteiger partial charge in [-0.1, -0.05) is 0 Å². The van der Waals surface area contributed by atoms with Gasteiger partial charge in [-0.2, -0.15) is 15.4 Å². The fourth-order valence-corrected chi connectivity index (χ4v) is 3.99. The van der Waals surface area contributed by atoms with Gasteiger partial charge >= 0.3 is 18.0 Å². The van der Waals surface area contributed by atoms with Gasteiger partial charge in [0.25, 0.3) is 0 Å². The van der Waals surface area contributed by atoms with Crippen LogP contribution < -0.4 is 5.73 Å². The van der Waals surface area contributed by atoms with Crippen LogP contribution in [0.25, 0.3) is 5.52 Å². The summed E-state index contributed by atoms with van der Waals surface area (Å²) in [5.74, 6) is -1.32. The summed E-state index contributed by atoms with van der Waals surface area (Å²) >= 11 is 0. The SMILES string of the molecule is CC(=O)O[C@H]1[C@@H](OC(C)=O)[C@](C#N)(c2ccc3c(N)ncnn23)O[C@@H]1COC(=O)N1CCCO1. The Kier molecular flexibility index (Phi) is 6.22. The van der Waals surface area contributed by atoms with Crippen LogP contribution in [0.2, 0.25) is 0 Å². The van der Waals surface area contributed by atoms with Crippen LogP contribution >= 0.6 is 0 Å². The van der Waals surface area contributed by atoms with Gasteiger partial charge < -0.3 is 24.7 Å². The van der Waals surface area contributed by atoms with Crippen molar-refractivity contribution >= 4 is 29.4 Å². The van der Waals surface area contributed by atoms with Gasteiger partial charge in [0, 0.05) is 13.8 Å². The van der Waals surface area contributed by atoms with Crippen LogP contribution in [-0.2, 0) is 39.0 Å². The molecule has 2 aliphatic rings. The van der Waals surface area contributed by atoms with E-state index in [-0.39, 0.29) is 11.5 Å². The van der Waals surface area contributed by atoms with Crippen molar-refractivity contribution in [3.05, 3.63) is 24.2 Å². The van der Waals surface area contributed by atoms with Crippen molar-refractivity contribution in [1.82, 2.24) is 19.7 Å². The van der Waals surface area contributed by atoms with Gasteiger partial charge in [0.15, 0.2) is 18.0 Å². The van der Waals surface area contributed by atoms with E-state index in [0.29, 0.717) is 25.1 Å². The number of ether oxygens (including phenoxy) is 4. The van der Waals surface area contributed by atoms with Crippen molar-refractivity contribution in [1.29, 1.82) is 5.26 Å². The largest absolute Gasteiger partial charge is 0.455 e. The van der Waals surface area contributed by atoms with E-state index in [1.54, 1.807) is 6.07 Å². The van der Waals surface area contributed by atoms with E-state index in [9.17, 15) is 19.6 Å². The monoisotopic (exact) mass is 474 g/mol. The van der Waals surface area contributed by atoms with Gasteiger partial charge in [-0.3, -0.25) is 14.4 Å². The predicted molar refractivity (Wildman–Crippen MR) is 109 cm³/mol. The number of fused-ring (bicyclic) bond motifs is 1. The average molecular weight is 474 g/mol. The molecular weight excluding hydrogens is 452 g/mol. The highest BCUT2D eigenvalue weighted by molar-refractivity contribution is 5.69. The fraction of sp³-hybridized carbons (Fsp3) is 0.500. The van der Waals surface area contributed by atoms with Crippen molar-refractivity contribution in [2.24, 2.45) is 0 Å². The number of rotatable bonds is 5. The van der Waals surface area contributed by atoms with Crippen LogP contribution in [0.3, 0.4) is 0 Å². The van der Waals surface area contributed by atoms with Crippen molar-refractivity contribution in [3.63, 3.8) is 0 Å². The molecule has 4 rings (SSSR count). The summed E-state index contributed by atoms with van der Waals surface area (Å²) in [6.45, 7) is 2.61. The molecule has 0 aliphatic carbocycles. The lowest BCUT2D eigenvalue weighted by Gasteiger charge is -2.28. The molecule has 4 atom stereocenters. The highest BCUT2D eigenvalue weighted by atomic mass is 16.7. The highest BCUT2D eigenvalue weighted by Gasteiger charge is 2.62. The zero-order valence-electron chi connectivity index (χ0n) is 18.4. The number of hydroxylamine groups is 2. The first-order valence-electron chi connectivity index (χ1n) is 10.4. The summed E-state index contributed by atoms with van der Waals surface area (Å²) < 4.78 is 23.5. The van der Waals surface area contributed by atoms with E-state index in [0.717, 1.165) is 18.9 Å². The van der Waals surface area contributed by atoms with E-state index in [1.807, 2.05) is 6.07 Å². The van der Waals surface area contributed by atoms with Gasteiger partial charge in [-0.05, 0) is 18.6 Å². The zero-order valence-corrected chi connectivity index (χ0v) is 18.4. The number of esters is 2.